The van der Waals surface area contributed by atoms with E-state index in [1.807, 2.05) is 18.5 Å². The fourth-order valence-corrected chi connectivity index (χ4v) is 2.42. The first kappa shape index (κ1) is 13.1. The summed E-state index contributed by atoms with van der Waals surface area (Å²) in [6.07, 6.45) is 1.63. The van der Waals surface area contributed by atoms with Crippen molar-refractivity contribution in [2.75, 3.05) is 6.54 Å². The van der Waals surface area contributed by atoms with Crippen molar-refractivity contribution in [1.82, 2.24) is 9.88 Å². The molecule has 0 aliphatic heterocycles. The van der Waals surface area contributed by atoms with E-state index in [-0.39, 0.29) is 6.10 Å². The lowest BCUT2D eigenvalue weighted by atomic mass is 9.82. The normalized spacial score (nSPS) is 22.8. The van der Waals surface area contributed by atoms with Gasteiger partial charge in [-0.1, -0.05) is 0 Å². The Labute approximate surface area is 106 Å². The molecule has 0 aromatic carbocycles. The number of rotatable bonds is 5. The largest absolute Gasteiger partial charge is 0.478 e. The molecule has 18 heavy (non-hydrogen) atoms. The number of hydrogen-bond acceptors (Lipinski definition) is 3. The summed E-state index contributed by atoms with van der Waals surface area (Å²) in [4.78, 5) is 11.0. The van der Waals surface area contributed by atoms with Gasteiger partial charge in [0, 0.05) is 25.0 Å². The molecule has 0 spiro atoms. The predicted molar refractivity (Wildman–Crippen MR) is 67.5 cm³/mol. The third kappa shape index (κ3) is 2.57. The van der Waals surface area contributed by atoms with Crippen LogP contribution in [0.4, 0.5) is 0 Å². The third-order valence-electron chi connectivity index (χ3n) is 3.82. The van der Waals surface area contributed by atoms with Crippen molar-refractivity contribution < 1.29 is 15.0 Å². The van der Waals surface area contributed by atoms with Crippen LogP contribution in [0.2, 0.25) is 0 Å². The number of aliphatic hydroxyl groups is 1. The van der Waals surface area contributed by atoms with E-state index in [4.69, 9.17) is 5.11 Å². The minimum Gasteiger partial charge on any atom is -0.478 e. The Kier molecular flexibility index (Phi) is 3.73. The first-order valence-electron chi connectivity index (χ1n) is 6.26. The van der Waals surface area contributed by atoms with Crippen molar-refractivity contribution in [2.45, 2.75) is 32.4 Å². The van der Waals surface area contributed by atoms with Crippen LogP contribution < -0.4 is 5.32 Å². The molecule has 1 aromatic rings. The average molecular weight is 252 g/mol. The van der Waals surface area contributed by atoms with Gasteiger partial charge in [0.1, 0.15) is 0 Å². The van der Waals surface area contributed by atoms with Gasteiger partial charge in [0.15, 0.2) is 0 Å². The van der Waals surface area contributed by atoms with Crippen LogP contribution in [0.15, 0.2) is 6.07 Å². The van der Waals surface area contributed by atoms with Crippen LogP contribution in [-0.4, -0.2) is 33.4 Å². The molecule has 100 valence electrons. The van der Waals surface area contributed by atoms with Crippen LogP contribution in [0.5, 0.6) is 0 Å². The fraction of sp³-hybridized carbons (Fsp3) is 0.615. The van der Waals surface area contributed by atoms with Crippen molar-refractivity contribution in [3.8, 4) is 0 Å². The Morgan fingerprint density at radius 1 is 1.56 bits per heavy atom. The first-order valence-corrected chi connectivity index (χ1v) is 6.26. The molecule has 0 radical (unpaired) electrons. The smallest absolute Gasteiger partial charge is 0.337 e. The molecular formula is C13H20N2O3. The molecular weight excluding hydrogens is 232 g/mol. The minimum atomic E-state index is -0.878. The van der Waals surface area contributed by atoms with E-state index in [1.165, 1.54) is 0 Å². The van der Waals surface area contributed by atoms with Gasteiger partial charge < -0.3 is 20.1 Å². The van der Waals surface area contributed by atoms with E-state index in [9.17, 15) is 9.90 Å². The number of nitrogens with zero attached hydrogens (tertiary/aromatic N) is 1. The van der Waals surface area contributed by atoms with Gasteiger partial charge in [-0.2, -0.15) is 0 Å². The van der Waals surface area contributed by atoms with E-state index in [1.54, 1.807) is 6.07 Å². The van der Waals surface area contributed by atoms with Crippen molar-refractivity contribution in [3.05, 3.63) is 23.0 Å². The second-order valence-electron chi connectivity index (χ2n) is 5.12. The summed E-state index contributed by atoms with van der Waals surface area (Å²) in [5.41, 5.74) is 2.12. The molecule has 5 heteroatoms. The summed E-state index contributed by atoms with van der Waals surface area (Å²) in [7, 11) is 1.88. The highest BCUT2D eigenvalue weighted by molar-refractivity contribution is 5.89. The molecule has 1 aliphatic carbocycles. The fourth-order valence-electron chi connectivity index (χ4n) is 2.42. The van der Waals surface area contributed by atoms with E-state index >= 15 is 0 Å². The van der Waals surface area contributed by atoms with Gasteiger partial charge >= 0.3 is 5.97 Å². The van der Waals surface area contributed by atoms with Crippen molar-refractivity contribution in [3.63, 3.8) is 0 Å². The molecule has 0 atom stereocenters. The van der Waals surface area contributed by atoms with Gasteiger partial charge in [0.2, 0.25) is 0 Å². The molecule has 3 N–H and O–H groups in total. The Balaban J connectivity index is 1.89. The predicted octanol–water partition coefficient (Wildman–Crippen LogP) is 0.892. The lowest BCUT2D eigenvalue weighted by Gasteiger charge is -2.31. The first-order chi connectivity index (χ1) is 8.49. The van der Waals surface area contributed by atoms with Crippen LogP contribution in [0.25, 0.3) is 0 Å². The van der Waals surface area contributed by atoms with Gasteiger partial charge in [0.05, 0.1) is 11.7 Å². The van der Waals surface area contributed by atoms with Crippen LogP contribution in [0, 0.1) is 12.8 Å². The van der Waals surface area contributed by atoms with Crippen molar-refractivity contribution >= 4 is 5.97 Å². The summed E-state index contributed by atoms with van der Waals surface area (Å²) in [6, 6.07) is 1.72. The molecule has 5 nitrogen and oxygen atoms in total. The topological polar surface area (TPSA) is 74.5 Å². The number of aliphatic hydroxyl groups excluding tert-OH is 1. The second kappa shape index (κ2) is 5.12. The summed E-state index contributed by atoms with van der Waals surface area (Å²) in [6.45, 7) is 3.36. The molecule has 1 heterocycles. The Morgan fingerprint density at radius 3 is 2.72 bits per heavy atom. The van der Waals surface area contributed by atoms with Crippen LogP contribution in [-0.2, 0) is 13.6 Å². The maximum absolute atomic E-state index is 11.0. The van der Waals surface area contributed by atoms with Crippen LogP contribution >= 0.6 is 0 Å². The maximum atomic E-state index is 11.0. The number of aromatic nitrogens is 1. The Bertz CT molecular complexity index is 447. The highest BCUT2D eigenvalue weighted by atomic mass is 16.4. The van der Waals surface area contributed by atoms with Crippen molar-refractivity contribution in [1.29, 1.82) is 0 Å². The van der Waals surface area contributed by atoms with Crippen molar-refractivity contribution in [2.24, 2.45) is 13.0 Å². The Hall–Kier alpha value is -1.33. The van der Waals surface area contributed by atoms with Gasteiger partial charge in [-0.05, 0) is 38.3 Å². The number of aromatic carboxylic acids is 1. The SMILES string of the molecule is Cc1c(C(=O)O)cc(CNCC2CC(O)C2)n1C. The number of carboxylic acids is 1. The quantitative estimate of drug-likeness (QED) is 0.727. The standard InChI is InChI=1S/C13H20N2O3/c1-8-12(13(17)18)5-10(15(8)2)7-14-6-9-3-11(16)4-9/h5,9,11,14,16H,3-4,6-7H2,1-2H3,(H,17,18). The summed E-state index contributed by atoms with van der Waals surface area (Å²) < 4.78 is 1.91. The monoisotopic (exact) mass is 252 g/mol. The van der Waals surface area contributed by atoms with E-state index < -0.39 is 5.97 Å². The van der Waals surface area contributed by atoms with Gasteiger partial charge in [-0.3, -0.25) is 0 Å². The van der Waals surface area contributed by atoms with Gasteiger partial charge in [-0.25, -0.2) is 4.79 Å². The van der Waals surface area contributed by atoms with E-state index in [0.29, 0.717) is 18.0 Å². The number of carbonyl (C=O) groups is 1. The minimum absolute atomic E-state index is 0.118. The molecule has 1 aromatic heterocycles. The zero-order valence-electron chi connectivity index (χ0n) is 10.8. The third-order valence-corrected chi connectivity index (χ3v) is 3.82. The highest BCUT2D eigenvalue weighted by Gasteiger charge is 2.26. The molecule has 0 unspecified atom stereocenters. The second-order valence-corrected chi connectivity index (χ2v) is 5.12. The summed E-state index contributed by atoms with van der Waals surface area (Å²) in [5.74, 6) is -0.322. The number of hydrogen-bond donors (Lipinski definition) is 3. The average Bonchev–Trinajstić information content (AvgIpc) is 2.55. The summed E-state index contributed by atoms with van der Waals surface area (Å²) >= 11 is 0. The molecule has 2 rings (SSSR count). The van der Waals surface area contributed by atoms with E-state index in [0.717, 1.165) is 30.8 Å². The molecule has 1 fully saturated rings. The van der Waals surface area contributed by atoms with Gasteiger partial charge in [0.25, 0.3) is 0 Å². The molecule has 0 amide bonds. The zero-order valence-corrected chi connectivity index (χ0v) is 10.8. The molecule has 0 saturated heterocycles. The molecule has 0 bridgehead atoms. The lowest BCUT2D eigenvalue weighted by molar-refractivity contribution is 0.0429. The lowest BCUT2D eigenvalue weighted by Crippen LogP contribution is -2.36. The van der Waals surface area contributed by atoms with Gasteiger partial charge in [-0.15, -0.1) is 0 Å². The van der Waals surface area contributed by atoms with E-state index in [2.05, 4.69) is 5.32 Å². The highest BCUT2D eigenvalue weighted by Crippen LogP contribution is 2.26. The zero-order chi connectivity index (χ0) is 13.3. The maximum Gasteiger partial charge on any atom is 0.337 e. The van der Waals surface area contributed by atoms with Crippen LogP contribution in [0.3, 0.4) is 0 Å². The number of carboxylic acid groups (broad SMARTS) is 1. The van der Waals surface area contributed by atoms with Crippen LogP contribution in [0.1, 0.15) is 34.6 Å². The summed E-state index contributed by atoms with van der Waals surface area (Å²) in [5, 5.41) is 21.5. The Morgan fingerprint density at radius 2 is 2.22 bits per heavy atom. The molecule has 1 aliphatic rings. The number of nitrogens with one attached hydrogen (secondary N) is 1. The molecule has 1 saturated carbocycles.